The number of piperazine rings is 1. The van der Waals surface area contributed by atoms with Gasteiger partial charge in [-0.1, -0.05) is 13.0 Å². The van der Waals surface area contributed by atoms with Gasteiger partial charge in [-0.3, -0.25) is 9.69 Å². The van der Waals surface area contributed by atoms with E-state index in [1.807, 2.05) is 32.1 Å². The van der Waals surface area contributed by atoms with Crippen molar-refractivity contribution in [1.82, 2.24) is 24.7 Å². The van der Waals surface area contributed by atoms with Crippen molar-refractivity contribution in [1.29, 1.82) is 0 Å². The fourth-order valence-corrected chi connectivity index (χ4v) is 5.96. The van der Waals surface area contributed by atoms with Crippen LogP contribution in [0.15, 0.2) is 36.5 Å². The van der Waals surface area contributed by atoms with Gasteiger partial charge < -0.3 is 30.5 Å². The molecule has 2 aromatic rings. The number of amides is 1. The topological polar surface area (TPSA) is 103 Å². The molecule has 0 unspecified atom stereocenters. The zero-order valence-corrected chi connectivity index (χ0v) is 24.2. The maximum absolute atomic E-state index is 12.3. The van der Waals surface area contributed by atoms with Crippen LogP contribution in [0.25, 0.3) is 0 Å². The van der Waals surface area contributed by atoms with Gasteiger partial charge in [0, 0.05) is 69.7 Å². The minimum Gasteiger partial charge on any atom is -0.471 e. The highest BCUT2D eigenvalue weighted by Crippen LogP contribution is 2.28. The van der Waals surface area contributed by atoms with Crippen molar-refractivity contribution < 1.29 is 9.53 Å². The summed E-state index contributed by atoms with van der Waals surface area (Å²) < 4.78 is 6.29. The molecule has 40 heavy (non-hydrogen) atoms. The fourth-order valence-electron chi connectivity index (χ4n) is 5.96. The van der Waals surface area contributed by atoms with Gasteiger partial charge in [0.1, 0.15) is 11.8 Å². The maximum Gasteiger partial charge on any atom is 0.271 e. The van der Waals surface area contributed by atoms with Gasteiger partial charge in [0.15, 0.2) is 11.5 Å². The number of nitrogens with zero attached hydrogens (tertiary/aromatic N) is 6. The van der Waals surface area contributed by atoms with Crippen LogP contribution in [0.1, 0.15) is 49.3 Å². The van der Waals surface area contributed by atoms with Gasteiger partial charge in [0.2, 0.25) is 5.88 Å². The van der Waals surface area contributed by atoms with E-state index in [0.29, 0.717) is 29.9 Å². The minimum absolute atomic E-state index is 0.0164. The van der Waals surface area contributed by atoms with Gasteiger partial charge in [-0.2, -0.15) is 4.98 Å². The zero-order valence-electron chi connectivity index (χ0n) is 24.2. The molecule has 1 atom stereocenters. The molecule has 1 aromatic heterocycles. The standard InChI is InChI=1S/C30H44N8O2/c1-4-13-36-14-12-25(21-36)40-30-26(5-2)33-27(28(31)39)29(34-30)32-22-6-8-23(9-7-22)37-15-10-24(11-16-37)38-19-17-35(3)18-20-38/h4,6-9,13,24-25H,5,10-12,14-21H2,1-3H3,(H2,31,39)(H,32,34)/t25-/m1/s1. The van der Waals surface area contributed by atoms with Gasteiger partial charge >= 0.3 is 0 Å². The van der Waals surface area contributed by atoms with E-state index in [9.17, 15) is 4.79 Å². The molecule has 3 aliphatic rings. The Morgan fingerprint density at radius 1 is 1.05 bits per heavy atom. The summed E-state index contributed by atoms with van der Waals surface area (Å²) in [5.74, 6) is 0.169. The number of allylic oxidation sites excluding steroid dienone is 1. The smallest absolute Gasteiger partial charge is 0.271 e. The molecule has 5 rings (SSSR count). The number of rotatable bonds is 9. The van der Waals surface area contributed by atoms with Crippen LogP contribution in [0.3, 0.4) is 0 Å². The van der Waals surface area contributed by atoms with E-state index in [1.165, 1.54) is 44.7 Å². The van der Waals surface area contributed by atoms with Crippen LogP contribution >= 0.6 is 0 Å². The maximum atomic E-state index is 12.3. The Balaban J connectivity index is 1.24. The molecule has 0 radical (unpaired) electrons. The largest absolute Gasteiger partial charge is 0.471 e. The van der Waals surface area contributed by atoms with E-state index in [-0.39, 0.29) is 11.8 Å². The van der Waals surface area contributed by atoms with Crippen LogP contribution < -0.4 is 20.7 Å². The van der Waals surface area contributed by atoms with Crippen molar-refractivity contribution in [3.05, 3.63) is 47.9 Å². The molecule has 0 saturated carbocycles. The number of ether oxygens (including phenoxy) is 1. The quantitative estimate of drug-likeness (QED) is 0.489. The lowest BCUT2D eigenvalue weighted by atomic mass is 10.0. The fraction of sp³-hybridized carbons (Fsp3) is 0.567. The zero-order chi connectivity index (χ0) is 28.1. The Hall–Kier alpha value is -3.37. The molecule has 10 nitrogen and oxygen atoms in total. The summed E-state index contributed by atoms with van der Waals surface area (Å²) in [5.41, 5.74) is 8.50. The second-order valence-electron chi connectivity index (χ2n) is 11.1. The Morgan fingerprint density at radius 3 is 2.42 bits per heavy atom. The van der Waals surface area contributed by atoms with Crippen LogP contribution in [0, 0.1) is 0 Å². The van der Waals surface area contributed by atoms with Crippen molar-refractivity contribution >= 4 is 23.1 Å². The third-order valence-corrected chi connectivity index (χ3v) is 8.33. The number of likely N-dealkylation sites (tertiary alicyclic amines) is 1. The first-order valence-electron chi connectivity index (χ1n) is 14.7. The molecule has 0 spiro atoms. The number of hydrogen-bond acceptors (Lipinski definition) is 9. The summed E-state index contributed by atoms with van der Waals surface area (Å²) in [7, 11) is 2.21. The molecule has 1 aromatic carbocycles. The third-order valence-electron chi connectivity index (χ3n) is 8.33. The predicted octanol–water partition coefficient (Wildman–Crippen LogP) is 3.08. The molecule has 0 aliphatic carbocycles. The number of nitrogens with two attached hydrogens (primary N) is 1. The van der Waals surface area contributed by atoms with Crippen molar-refractivity contribution in [2.75, 3.05) is 69.6 Å². The number of benzene rings is 1. The Kier molecular flexibility index (Phi) is 9.06. The first kappa shape index (κ1) is 28.2. The lowest BCUT2D eigenvalue weighted by molar-refractivity contribution is 0.0982. The van der Waals surface area contributed by atoms with Crippen molar-refractivity contribution in [2.45, 2.75) is 51.7 Å². The van der Waals surface area contributed by atoms with Gasteiger partial charge in [0.25, 0.3) is 5.91 Å². The van der Waals surface area contributed by atoms with Gasteiger partial charge in [-0.15, -0.1) is 0 Å². The number of likely N-dealkylation sites (N-methyl/N-ethyl adjacent to an activating group) is 1. The first-order chi connectivity index (χ1) is 19.4. The number of anilines is 3. The number of primary amides is 1. The molecule has 10 heteroatoms. The summed E-state index contributed by atoms with van der Waals surface area (Å²) >= 11 is 0. The summed E-state index contributed by atoms with van der Waals surface area (Å²) in [4.78, 5) is 31.3. The predicted molar refractivity (Wildman–Crippen MR) is 159 cm³/mol. The molecule has 1 amide bonds. The van der Waals surface area contributed by atoms with Crippen LogP contribution in [0.2, 0.25) is 0 Å². The Bertz CT molecular complexity index is 1170. The first-order valence-corrected chi connectivity index (χ1v) is 14.7. The van der Waals surface area contributed by atoms with Crippen LogP contribution in [-0.4, -0.2) is 102 Å². The third kappa shape index (κ3) is 6.67. The lowest BCUT2D eigenvalue weighted by Gasteiger charge is -2.42. The summed E-state index contributed by atoms with van der Waals surface area (Å²) in [5, 5.41) is 3.28. The van der Waals surface area contributed by atoms with E-state index in [2.05, 4.69) is 55.3 Å². The lowest BCUT2D eigenvalue weighted by Crippen LogP contribution is -2.52. The van der Waals surface area contributed by atoms with E-state index in [1.54, 1.807) is 0 Å². The van der Waals surface area contributed by atoms with Crippen molar-refractivity contribution in [2.24, 2.45) is 5.73 Å². The molecule has 3 aliphatic heterocycles. The van der Waals surface area contributed by atoms with E-state index in [0.717, 1.165) is 38.3 Å². The molecule has 3 N–H and O–H groups in total. The van der Waals surface area contributed by atoms with Crippen molar-refractivity contribution in [3.63, 3.8) is 0 Å². The molecule has 216 valence electrons. The summed E-state index contributed by atoms with van der Waals surface area (Å²) in [6.45, 7) is 12.5. The van der Waals surface area contributed by atoms with E-state index in [4.69, 9.17) is 15.5 Å². The van der Waals surface area contributed by atoms with Crippen LogP contribution in [0.4, 0.5) is 17.2 Å². The Morgan fingerprint density at radius 2 is 1.77 bits per heavy atom. The highest BCUT2D eigenvalue weighted by Gasteiger charge is 2.27. The Labute approximate surface area is 238 Å². The summed E-state index contributed by atoms with van der Waals surface area (Å²) in [6, 6.07) is 8.99. The van der Waals surface area contributed by atoms with E-state index < -0.39 is 5.91 Å². The average molecular weight is 549 g/mol. The molecular weight excluding hydrogens is 504 g/mol. The van der Waals surface area contributed by atoms with E-state index >= 15 is 0 Å². The molecule has 0 bridgehead atoms. The second kappa shape index (κ2) is 12.9. The molecule has 4 heterocycles. The van der Waals surface area contributed by atoms with Gasteiger partial charge in [-0.05, 0) is 63.7 Å². The van der Waals surface area contributed by atoms with Crippen molar-refractivity contribution in [3.8, 4) is 5.88 Å². The number of carbonyl (C=O) groups is 1. The van der Waals surface area contributed by atoms with Gasteiger partial charge in [-0.25, -0.2) is 4.98 Å². The minimum atomic E-state index is -0.615. The number of piperidine rings is 1. The number of carbonyl (C=O) groups excluding carboxylic acids is 1. The summed E-state index contributed by atoms with van der Waals surface area (Å²) in [6.07, 6.45) is 8.02. The van der Waals surface area contributed by atoms with Crippen LogP contribution in [0.5, 0.6) is 5.88 Å². The molecule has 3 fully saturated rings. The molecular formula is C30H44N8O2. The average Bonchev–Trinajstić information content (AvgIpc) is 3.41. The highest BCUT2D eigenvalue weighted by atomic mass is 16.5. The number of aryl methyl sites for hydroxylation is 1. The number of nitrogens with one attached hydrogen (secondary N) is 1. The SMILES string of the molecule is CC=CN1CC[C@@H](Oc2nc(Nc3ccc(N4CCC(N5CCN(C)CC5)CC4)cc3)c(C(N)=O)nc2CC)C1. The number of aromatic nitrogens is 2. The number of hydrogen-bond donors (Lipinski definition) is 2. The second-order valence-corrected chi connectivity index (χ2v) is 11.1. The highest BCUT2D eigenvalue weighted by molar-refractivity contribution is 5.96. The van der Waals surface area contributed by atoms with Crippen LogP contribution in [-0.2, 0) is 6.42 Å². The normalized spacial score (nSPS) is 21.3. The van der Waals surface area contributed by atoms with Gasteiger partial charge in [0.05, 0.1) is 6.54 Å². The monoisotopic (exact) mass is 548 g/mol. The molecule has 3 saturated heterocycles.